The van der Waals surface area contributed by atoms with Crippen LogP contribution < -0.4 is 5.73 Å². The van der Waals surface area contributed by atoms with Crippen LogP contribution in [0.4, 0.5) is 0 Å². The maximum atomic E-state index is 12.7. The van der Waals surface area contributed by atoms with E-state index in [-0.39, 0.29) is 18.1 Å². The van der Waals surface area contributed by atoms with Crippen molar-refractivity contribution in [2.24, 2.45) is 5.73 Å². The number of ether oxygens (including phenoxy) is 1. The van der Waals surface area contributed by atoms with E-state index >= 15 is 0 Å². The smallest absolute Gasteiger partial charge is 0.251 e. The Kier molecular flexibility index (Phi) is 4.56. The quantitative estimate of drug-likeness (QED) is 0.918. The van der Waals surface area contributed by atoms with Gasteiger partial charge in [-0.05, 0) is 37.7 Å². The van der Waals surface area contributed by atoms with Gasteiger partial charge in [-0.3, -0.25) is 4.79 Å². The molecule has 21 heavy (non-hydrogen) atoms. The van der Waals surface area contributed by atoms with Crippen molar-refractivity contribution in [1.29, 1.82) is 0 Å². The summed E-state index contributed by atoms with van der Waals surface area (Å²) < 4.78 is 5.77. The van der Waals surface area contributed by atoms with E-state index in [2.05, 4.69) is 24.3 Å². The third kappa shape index (κ3) is 3.27. The molecule has 1 amide bonds. The Labute approximate surface area is 126 Å². The average molecular weight is 288 g/mol. The molecule has 1 aromatic carbocycles. The highest BCUT2D eigenvalue weighted by atomic mass is 16.5. The zero-order valence-corrected chi connectivity index (χ0v) is 12.4. The molecule has 3 rings (SSSR count). The molecule has 0 aliphatic carbocycles. The predicted octanol–water partition coefficient (Wildman–Crippen LogP) is 1.73. The third-order valence-corrected chi connectivity index (χ3v) is 4.62. The van der Waals surface area contributed by atoms with Gasteiger partial charge in [0.2, 0.25) is 0 Å². The summed E-state index contributed by atoms with van der Waals surface area (Å²) >= 11 is 0. The fourth-order valence-electron chi connectivity index (χ4n) is 3.47. The minimum atomic E-state index is -0.269. The monoisotopic (exact) mass is 288 g/mol. The lowest BCUT2D eigenvalue weighted by Gasteiger charge is -2.27. The van der Waals surface area contributed by atoms with Gasteiger partial charge < -0.3 is 15.4 Å². The van der Waals surface area contributed by atoms with E-state index in [4.69, 9.17) is 10.5 Å². The van der Waals surface area contributed by atoms with E-state index in [9.17, 15) is 4.79 Å². The zero-order chi connectivity index (χ0) is 14.7. The SMILES string of the molecule is NC[C@H]1CC[C@@H](C(=O)N2CCCC2Cc2ccccc2)O1. The lowest BCUT2D eigenvalue weighted by Crippen LogP contribution is -2.43. The Bertz CT molecular complexity index is 477. The summed E-state index contributed by atoms with van der Waals surface area (Å²) in [4.78, 5) is 14.7. The summed E-state index contributed by atoms with van der Waals surface area (Å²) in [6.07, 6.45) is 4.65. The fourth-order valence-corrected chi connectivity index (χ4v) is 3.47. The van der Waals surface area contributed by atoms with Crippen LogP contribution in [0.25, 0.3) is 0 Å². The first-order valence-electron chi connectivity index (χ1n) is 7.98. The van der Waals surface area contributed by atoms with E-state index in [0.717, 1.165) is 38.6 Å². The molecule has 2 fully saturated rings. The molecule has 0 saturated carbocycles. The van der Waals surface area contributed by atoms with Gasteiger partial charge in [-0.15, -0.1) is 0 Å². The largest absolute Gasteiger partial charge is 0.364 e. The van der Waals surface area contributed by atoms with Crippen molar-refractivity contribution < 1.29 is 9.53 Å². The second-order valence-electron chi connectivity index (χ2n) is 6.08. The number of nitrogens with two attached hydrogens (primary N) is 1. The molecular weight excluding hydrogens is 264 g/mol. The maximum absolute atomic E-state index is 12.7. The van der Waals surface area contributed by atoms with Crippen LogP contribution in [0.5, 0.6) is 0 Å². The first kappa shape index (κ1) is 14.5. The molecule has 0 aromatic heterocycles. The lowest BCUT2D eigenvalue weighted by atomic mass is 10.0. The topological polar surface area (TPSA) is 55.6 Å². The average Bonchev–Trinajstić information content (AvgIpc) is 3.16. The van der Waals surface area contributed by atoms with Crippen LogP contribution in [0.2, 0.25) is 0 Å². The van der Waals surface area contributed by atoms with Crippen LogP contribution in [0, 0.1) is 0 Å². The Morgan fingerprint density at radius 3 is 2.76 bits per heavy atom. The molecule has 4 heteroatoms. The third-order valence-electron chi connectivity index (χ3n) is 4.62. The van der Waals surface area contributed by atoms with E-state index in [0.29, 0.717) is 12.6 Å². The fraction of sp³-hybridized carbons (Fsp3) is 0.588. The number of rotatable bonds is 4. The molecule has 2 N–H and O–H groups in total. The number of likely N-dealkylation sites (tertiary alicyclic amines) is 1. The van der Waals surface area contributed by atoms with Gasteiger partial charge in [0, 0.05) is 19.1 Å². The van der Waals surface area contributed by atoms with Crippen molar-refractivity contribution >= 4 is 5.91 Å². The Morgan fingerprint density at radius 2 is 2.05 bits per heavy atom. The minimum absolute atomic E-state index is 0.0640. The van der Waals surface area contributed by atoms with Gasteiger partial charge in [0.15, 0.2) is 0 Å². The van der Waals surface area contributed by atoms with Gasteiger partial charge in [-0.25, -0.2) is 0 Å². The molecule has 1 unspecified atom stereocenters. The van der Waals surface area contributed by atoms with Crippen LogP contribution in [0.1, 0.15) is 31.2 Å². The number of hydrogen-bond donors (Lipinski definition) is 1. The van der Waals surface area contributed by atoms with E-state index in [1.54, 1.807) is 0 Å². The molecule has 0 bridgehead atoms. The molecular formula is C17H24N2O2. The molecule has 2 saturated heterocycles. The summed E-state index contributed by atoms with van der Waals surface area (Å²) in [6, 6.07) is 10.7. The van der Waals surface area contributed by atoms with Crippen LogP contribution in [0.3, 0.4) is 0 Å². The Hall–Kier alpha value is -1.39. The van der Waals surface area contributed by atoms with Gasteiger partial charge in [-0.2, -0.15) is 0 Å². The highest BCUT2D eigenvalue weighted by molar-refractivity contribution is 5.81. The molecule has 4 nitrogen and oxygen atoms in total. The lowest BCUT2D eigenvalue weighted by molar-refractivity contribution is -0.143. The van der Waals surface area contributed by atoms with E-state index in [1.165, 1.54) is 5.56 Å². The van der Waals surface area contributed by atoms with Crippen molar-refractivity contribution in [1.82, 2.24) is 4.90 Å². The molecule has 0 radical (unpaired) electrons. The van der Waals surface area contributed by atoms with E-state index < -0.39 is 0 Å². The number of hydrogen-bond acceptors (Lipinski definition) is 3. The molecule has 2 aliphatic heterocycles. The van der Waals surface area contributed by atoms with Crippen molar-refractivity contribution in [3.63, 3.8) is 0 Å². The van der Waals surface area contributed by atoms with Gasteiger partial charge in [0.1, 0.15) is 6.10 Å². The van der Waals surface area contributed by atoms with Crippen molar-refractivity contribution in [3.8, 4) is 0 Å². The van der Waals surface area contributed by atoms with Crippen molar-refractivity contribution in [2.75, 3.05) is 13.1 Å². The van der Waals surface area contributed by atoms with Crippen molar-refractivity contribution in [2.45, 2.75) is 50.4 Å². The normalized spacial score (nSPS) is 29.0. The Balaban J connectivity index is 1.62. The van der Waals surface area contributed by atoms with Gasteiger partial charge in [-0.1, -0.05) is 30.3 Å². The van der Waals surface area contributed by atoms with Crippen LogP contribution in [-0.2, 0) is 16.0 Å². The van der Waals surface area contributed by atoms with E-state index in [1.807, 2.05) is 11.0 Å². The Morgan fingerprint density at radius 1 is 1.24 bits per heavy atom. The number of nitrogens with zero attached hydrogens (tertiary/aromatic N) is 1. The van der Waals surface area contributed by atoms with Crippen LogP contribution in [0.15, 0.2) is 30.3 Å². The molecule has 2 heterocycles. The van der Waals surface area contributed by atoms with Crippen LogP contribution in [-0.4, -0.2) is 42.1 Å². The van der Waals surface area contributed by atoms with Gasteiger partial charge in [0.25, 0.3) is 5.91 Å². The molecule has 0 spiro atoms. The summed E-state index contributed by atoms with van der Waals surface area (Å²) in [5, 5.41) is 0. The van der Waals surface area contributed by atoms with Gasteiger partial charge >= 0.3 is 0 Å². The number of carbonyl (C=O) groups excluding carboxylic acids is 1. The second kappa shape index (κ2) is 6.58. The molecule has 114 valence electrons. The number of amides is 1. The highest BCUT2D eigenvalue weighted by Gasteiger charge is 2.37. The van der Waals surface area contributed by atoms with Crippen molar-refractivity contribution in [3.05, 3.63) is 35.9 Å². The predicted molar refractivity (Wildman–Crippen MR) is 81.8 cm³/mol. The van der Waals surface area contributed by atoms with Crippen LogP contribution >= 0.6 is 0 Å². The van der Waals surface area contributed by atoms with Gasteiger partial charge in [0.05, 0.1) is 6.10 Å². The standard InChI is InChI=1S/C17H24N2O2/c18-12-15-8-9-16(21-15)17(20)19-10-4-7-14(19)11-13-5-2-1-3-6-13/h1-3,5-6,14-16H,4,7-12,18H2/t14?,15-,16+/m1/s1. The molecule has 3 atom stereocenters. The molecule has 1 aromatic rings. The highest BCUT2D eigenvalue weighted by Crippen LogP contribution is 2.26. The molecule has 2 aliphatic rings. The summed E-state index contributed by atoms with van der Waals surface area (Å²) in [7, 11) is 0. The first-order chi connectivity index (χ1) is 10.3. The minimum Gasteiger partial charge on any atom is -0.364 e. The summed E-state index contributed by atoms with van der Waals surface area (Å²) in [6.45, 7) is 1.38. The zero-order valence-electron chi connectivity index (χ0n) is 12.4. The number of carbonyl (C=O) groups is 1. The number of benzene rings is 1. The maximum Gasteiger partial charge on any atom is 0.251 e. The summed E-state index contributed by atoms with van der Waals surface area (Å²) in [5.41, 5.74) is 6.93. The summed E-state index contributed by atoms with van der Waals surface area (Å²) in [5.74, 6) is 0.171. The second-order valence-corrected chi connectivity index (χ2v) is 6.08. The first-order valence-corrected chi connectivity index (χ1v) is 7.98.